The fourth-order valence-electron chi connectivity index (χ4n) is 4.83. The molecule has 0 aliphatic carbocycles. The predicted molar refractivity (Wildman–Crippen MR) is 184 cm³/mol. The normalized spacial score (nSPS) is 12.7. The van der Waals surface area contributed by atoms with Gasteiger partial charge in [-0.1, -0.05) is 45.9 Å². The van der Waals surface area contributed by atoms with Crippen molar-refractivity contribution in [1.82, 2.24) is 10.3 Å². The van der Waals surface area contributed by atoms with E-state index in [0.717, 1.165) is 60.0 Å². The largest absolute Gasteiger partial charge is 0.491 e. The Labute approximate surface area is 267 Å². The van der Waals surface area contributed by atoms with Gasteiger partial charge in [-0.3, -0.25) is 4.98 Å². The molecule has 0 fully saturated rings. The van der Waals surface area contributed by atoms with Crippen LogP contribution in [0, 0.1) is 10.8 Å². The Hall–Kier alpha value is -3.09. The van der Waals surface area contributed by atoms with Crippen LogP contribution in [0.3, 0.4) is 0 Å². The van der Waals surface area contributed by atoms with E-state index < -0.39 is 0 Å². The molecule has 2 aromatic carbocycles. The number of nitrogens with zero attached hydrogens (tertiary/aromatic N) is 1. The molecule has 0 atom stereocenters. The van der Waals surface area contributed by atoms with Crippen molar-refractivity contribution in [2.75, 3.05) is 25.1 Å². The Morgan fingerprint density at radius 1 is 0.705 bits per heavy atom. The van der Waals surface area contributed by atoms with Gasteiger partial charge < -0.3 is 24.8 Å². The van der Waals surface area contributed by atoms with Crippen LogP contribution in [0.5, 0.6) is 17.2 Å². The molecule has 0 amide bonds. The van der Waals surface area contributed by atoms with Crippen molar-refractivity contribution in [2.24, 2.45) is 10.8 Å². The summed E-state index contributed by atoms with van der Waals surface area (Å²) in [4.78, 5) is 4.68. The molecule has 1 heterocycles. The van der Waals surface area contributed by atoms with Crippen molar-refractivity contribution in [3.63, 3.8) is 0 Å². The van der Waals surface area contributed by atoms with E-state index in [-0.39, 0.29) is 21.9 Å². The molecular weight excluding hydrogens is 546 g/mol. The highest BCUT2D eigenvalue weighted by Crippen LogP contribution is 2.34. The molecule has 0 bridgehead atoms. The fourth-order valence-corrected chi connectivity index (χ4v) is 4.83. The second-order valence-corrected chi connectivity index (χ2v) is 15.7. The minimum Gasteiger partial charge on any atom is -0.491 e. The Morgan fingerprint density at radius 3 is 2.02 bits per heavy atom. The van der Waals surface area contributed by atoms with Crippen molar-refractivity contribution >= 4 is 5.69 Å². The molecule has 0 spiro atoms. The predicted octanol–water partition coefficient (Wildman–Crippen LogP) is 9.44. The average molecular weight is 604 g/mol. The van der Waals surface area contributed by atoms with Crippen molar-refractivity contribution in [2.45, 2.75) is 106 Å². The highest BCUT2D eigenvalue weighted by molar-refractivity contribution is 5.50. The third-order valence-corrected chi connectivity index (χ3v) is 7.24. The minimum absolute atomic E-state index is 0.00447. The number of hydrogen-bond donors (Lipinski definition) is 2. The van der Waals surface area contributed by atoms with E-state index in [1.165, 1.54) is 0 Å². The fraction of sp³-hybridized carbons (Fsp3) is 0.553. The molecule has 2 N–H and O–H groups in total. The highest BCUT2D eigenvalue weighted by atomic mass is 16.5. The lowest BCUT2D eigenvalue weighted by Crippen LogP contribution is -2.38. The van der Waals surface area contributed by atoms with Crippen LogP contribution in [0.4, 0.5) is 5.69 Å². The van der Waals surface area contributed by atoms with Crippen LogP contribution in [0.2, 0.25) is 0 Å². The molecule has 0 aliphatic rings. The van der Waals surface area contributed by atoms with E-state index in [4.69, 9.17) is 14.2 Å². The van der Waals surface area contributed by atoms with E-state index >= 15 is 0 Å². The lowest BCUT2D eigenvalue weighted by Gasteiger charge is -2.31. The molecule has 0 saturated heterocycles. The van der Waals surface area contributed by atoms with Gasteiger partial charge in [-0.25, -0.2) is 0 Å². The molecular formula is C38H57N3O3. The summed E-state index contributed by atoms with van der Waals surface area (Å²) in [6.45, 7) is 24.9. The maximum atomic E-state index is 6.18. The van der Waals surface area contributed by atoms with E-state index in [1.54, 1.807) is 0 Å². The van der Waals surface area contributed by atoms with Crippen LogP contribution in [-0.4, -0.2) is 35.8 Å². The summed E-state index contributed by atoms with van der Waals surface area (Å²) in [5.41, 5.74) is 3.60. The molecule has 1 aromatic heterocycles. The van der Waals surface area contributed by atoms with Crippen molar-refractivity contribution in [3.05, 3.63) is 78.1 Å². The van der Waals surface area contributed by atoms with Gasteiger partial charge in [-0.15, -0.1) is 0 Å². The van der Waals surface area contributed by atoms with Crippen LogP contribution in [-0.2, 0) is 17.8 Å². The van der Waals surface area contributed by atoms with Gasteiger partial charge in [0, 0.05) is 35.1 Å². The Balaban J connectivity index is 1.39. The van der Waals surface area contributed by atoms with Crippen LogP contribution >= 0.6 is 0 Å². The van der Waals surface area contributed by atoms with Crippen molar-refractivity contribution in [1.29, 1.82) is 0 Å². The first-order valence-electron chi connectivity index (χ1n) is 16.0. The molecule has 6 nitrogen and oxygen atoms in total. The first-order chi connectivity index (χ1) is 20.5. The SMILES string of the molecule is CC(C)(CCC(C)(C)Cc1ccc(OCCNC(C)(C)C)cn1)COCc1ccc(Oc2cccc(NC(C)(C)C)c2)cc1. The zero-order chi connectivity index (χ0) is 32.4. The van der Waals surface area contributed by atoms with Crippen molar-refractivity contribution in [3.8, 4) is 17.2 Å². The molecule has 0 radical (unpaired) electrons. The van der Waals surface area contributed by atoms with Gasteiger partial charge >= 0.3 is 0 Å². The van der Waals surface area contributed by atoms with E-state index in [9.17, 15) is 0 Å². The number of anilines is 1. The molecule has 0 unspecified atom stereocenters. The quantitative estimate of drug-likeness (QED) is 0.159. The van der Waals surface area contributed by atoms with E-state index in [0.29, 0.717) is 19.8 Å². The van der Waals surface area contributed by atoms with Crippen molar-refractivity contribution < 1.29 is 14.2 Å². The van der Waals surface area contributed by atoms with Gasteiger partial charge in [0.1, 0.15) is 23.9 Å². The zero-order valence-corrected chi connectivity index (χ0v) is 29.0. The zero-order valence-electron chi connectivity index (χ0n) is 29.0. The smallest absolute Gasteiger partial charge is 0.137 e. The molecule has 6 heteroatoms. The number of nitrogens with one attached hydrogen (secondary N) is 2. The number of hydrogen-bond acceptors (Lipinski definition) is 6. The molecule has 0 saturated carbocycles. The topological polar surface area (TPSA) is 64.6 Å². The standard InChI is InChI=1S/C38H57N3O3/c1-35(2,3)40-22-23-43-34-19-16-31(39-26-34)25-37(7,8)20-21-38(9,10)28-42-27-29-14-17-32(18-15-29)44-33-13-11-12-30(24-33)41-36(4,5)6/h11-19,24,26,40-41H,20-23,25,27-28H2,1-10H3. The number of benzene rings is 2. The van der Waals surface area contributed by atoms with Crippen LogP contribution in [0.15, 0.2) is 66.9 Å². The summed E-state index contributed by atoms with van der Waals surface area (Å²) in [6.07, 6.45) is 4.96. The van der Waals surface area contributed by atoms with E-state index in [1.807, 2.05) is 42.6 Å². The lowest BCUT2D eigenvalue weighted by atomic mass is 9.77. The molecule has 242 valence electrons. The van der Waals surface area contributed by atoms with Gasteiger partial charge in [-0.05, 0) is 114 Å². The maximum absolute atomic E-state index is 6.18. The van der Waals surface area contributed by atoms with Gasteiger partial charge in [0.2, 0.25) is 0 Å². The summed E-state index contributed by atoms with van der Waals surface area (Å²) < 4.78 is 18.1. The van der Waals surface area contributed by atoms with Crippen LogP contribution in [0.1, 0.15) is 93.3 Å². The summed E-state index contributed by atoms with van der Waals surface area (Å²) in [5, 5.41) is 6.92. The number of pyridine rings is 1. The monoisotopic (exact) mass is 603 g/mol. The minimum atomic E-state index is -0.00447. The van der Waals surface area contributed by atoms with Gasteiger partial charge in [0.05, 0.1) is 19.4 Å². The third-order valence-electron chi connectivity index (χ3n) is 7.24. The molecule has 44 heavy (non-hydrogen) atoms. The number of rotatable bonds is 16. The van der Waals surface area contributed by atoms with Gasteiger partial charge in [-0.2, -0.15) is 0 Å². The van der Waals surface area contributed by atoms with Gasteiger partial charge in [0.15, 0.2) is 0 Å². The number of ether oxygens (including phenoxy) is 3. The maximum Gasteiger partial charge on any atom is 0.137 e. The first kappa shape index (κ1) is 35.4. The summed E-state index contributed by atoms with van der Waals surface area (Å²) in [5.74, 6) is 2.45. The molecule has 3 aromatic rings. The van der Waals surface area contributed by atoms with Crippen LogP contribution < -0.4 is 20.1 Å². The molecule has 3 rings (SSSR count). The van der Waals surface area contributed by atoms with Crippen LogP contribution in [0.25, 0.3) is 0 Å². The second-order valence-electron chi connectivity index (χ2n) is 15.7. The van der Waals surface area contributed by atoms with E-state index in [2.05, 4.69) is 109 Å². The lowest BCUT2D eigenvalue weighted by molar-refractivity contribution is 0.0407. The Bertz CT molecular complexity index is 1270. The summed E-state index contributed by atoms with van der Waals surface area (Å²) in [7, 11) is 0. The average Bonchev–Trinajstić information content (AvgIpc) is 2.91. The third kappa shape index (κ3) is 14.1. The summed E-state index contributed by atoms with van der Waals surface area (Å²) >= 11 is 0. The highest BCUT2D eigenvalue weighted by Gasteiger charge is 2.25. The Kier molecular flexibility index (Phi) is 12.3. The summed E-state index contributed by atoms with van der Waals surface area (Å²) in [6, 6.07) is 20.4. The number of aromatic nitrogens is 1. The Morgan fingerprint density at radius 2 is 1.39 bits per heavy atom. The molecule has 0 aliphatic heterocycles. The second kappa shape index (κ2) is 15.3. The van der Waals surface area contributed by atoms with Gasteiger partial charge in [0.25, 0.3) is 0 Å². The first-order valence-corrected chi connectivity index (χ1v) is 16.0.